The van der Waals surface area contributed by atoms with E-state index < -0.39 is 5.69 Å². The maximum absolute atomic E-state index is 11.4. The summed E-state index contributed by atoms with van der Waals surface area (Å²) in [5, 5.41) is 0. The molecule has 6 nitrogen and oxygen atoms in total. The molecule has 0 radical (unpaired) electrons. The zero-order valence-corrected chi connectivity index (χ0v) is 12.2. The lowest BCUT2D eigenvalue weighted by Crippen LogP contribution is -2.25. The maximum Gasteiger partial charge on any atom is 0.325 e. The summed E-state index contributed by atoms with van der Waals surface area (Å²) in [6.45, 7) is 1.59. The highest BCUT2D eigenvalue weighted by Gasteiger charge is 2.25. The second kappa shape index (κ2) is 5.24. The van der Waals surface area contributed by atoms with Crippen molar-refractivity contribution in [2.75, 3.05) is 18.0 Å². The molecule has 1 aliphatic heterocycles. The van der Waals surface area contributed by atoms with E-state index in [-0.39, 0.29) is 11.5 Å². The summed E-state index contributed by atoms with van der Waals surface area (Å²) in [5.41, 5.74) is -0.120. The van der Waals surface area contributed by atoms with Gasteiger partial charge in [0.1, 0.15) is 5.82 Å². The summed E-state index contributed by atoms with van der Waals surface area (Å²) in [6.07, 6.45) is 2.63. The van der Waals surface area contributed by atoms with Crippen molar-refractivity contribution in [1.82, 2.24) is 15.0 Å². The van der Waals surface area contributed by atoms with Crippen molar-refractivity contribution >= 4 is 21.7 Å². The number of nitrogens with zero attached hydrogens (tertiary/aromatic N) is 2. The zero-order valence-electron chi connectivity index (χ0n) is 10.6. The van der Waals surface area contributed by atoms with E-state index in [0.717, 1.165) is 29.8 Å². The Labute approximate surface area is 123 Å². The van der Waals surface area contributed by atoms with Gasteiger partial charge < -0.3 is 9.88 Å². The van der Waals surface area contributed by atoms with E-state index in [1.165, 1.54) is 6.07 Å². The topological polar surface area (TPSA) is 81.8 Å². The van der Waals surface area contributed by atoms with Crippen LogP contribution in [0.5, 0.6) is 0 Å². The molecule has 1 atom stereocenters. The van der Waals surface area contributed by atoms with Gasteiger partial charge in [-0.1, -0.05) is 15.9 Å². The SMILES string of the molecule is O=c1cc(C2CCN(c3cc(Br)ccn3)C2)[nH]c(=O)[nH]1. The first-order valence-corrected chi connectivity index (χ1v) is 7.11. The molecular formula is C13H13BrN4O2. The van der Waals surface area contributed by atoms with Gasteiger partial charge in [-0.3, -0.25) is 9.78 Å². The summed E-state index contributed by atoms with van der Waals surface area (Å²) < 4.78 is 0.982. The van der Waals surface area contributed by atoms with Gasteiger partial charge in [-0.25, -0.2) is 9.78 Å². The van der Waals surface area contributed by atoms with Gasteiger partial charge in [0.2, 0.25) is 0 Å². The molecule has 0 saturated carbocycles. The van der Waals surface area contributed by atoms with Crippen molar-refractivity contribution in [2.45, 2.75) is 12.3 Å². The molecule has 2 N–H and O–H groups in total. The highest BCUT2D eigenvalue weighted by atomic mass is 79.9. The first kappa shape index (κ1) is 13.1. The Morgan fingerprint density at radius 1 is 1.30 bits per heavy atom. The molecule has 1 fully saturated rings. The van der Waals surface area contributed by atoms with E-state index in [1.807, 2.05) is 12.1 Å². The lowest BCUT2D eigenvalue weighted by atomic mass is 10.1. The summed E-state index contributed by atoms with van der Waals surface area (Å²) >= 11 is 3.43. The second-order valence-electron chi connectivity index (χ2n) is 4.81. The van der Waals surface area contributed by atoms with Crippen molar-refractivity contribution < 1.29 is 0 Å². The zero-order chi connectivity index (χ0) is 14.1. The number of aromatic amines is 2. The van der Waals surface area contributed by atoms with Crippen molar-refractivity contribution in [3.8, 4) is 0 Å². The van der Waals surface area contributed by atoms with E-state index in [9.17, 15) is 9.59 Å². The summed E-state index contributed by atoms with van der Waals surface area (Å²) in [5.74, 6) is 1.04. The van der Waals surface area contributed by atoms with Crippen molar-refractivity contribution in [3.05, 3.63) is 55.4 Å². The van der Waals surface area contributed by atoms with Gasteiger partial charge in [-0.2, -0.15) is 0 Å². The average molecular weight is 337 g/mol. The van der Waals surface area contributed by atoms with Gasteiger partial charge in [0, 0.05) is 41.4 Å². The van der Waals surface area contributed by atoms with Crippen molar-refractivity contribution in [2.24, 2.45) is 0 Å². The second-order valence-corrected chi connectivity index (χ2v) is 5.72. The Hall–Kier alpha value is -1.89. The minimum atomic E-state index is -0.452. The van der Waals surface area contributed by atoms with Gasteiger partial charge in [0.05, 0.1) is 0 Å². The Morgan fingerprint density at radius 2 is 2.15 bits per heavy atom. The van der Waals surface area contributed by atoms with Crippen LogP contribution in [-0.4, -0.2) is 28.0 Å². The van der Waals surface area contributed by atoms with E-state index in [2.05, 4.69) is 35.8 Å². The van der Waals surface area contributed by atoms with Gasteiger partial charge in [0.15, 0.2) is 0 Å². The van der Waals surface area contributed by atoms with Crippen LogP contribution in [-0.2, 0) is 0 Å². The van der Waals surface area contributed by atoms with Gasteiger partial charge >= 0.3 is 5.69 Å². The lowest BCUT2D eigenvalue weighted by Gasteiger charge is -2.17. The van der Waals surface area contributed by atoms with Crippen LogP contribution in [0.2, 0.25) is 0 Å². The minimum absolute atomic E-state index is 0.144. The van der Waals surface area contributed by atoms with Crippen LogP contribution in [0.1, 0.15) is 18.0 Å². The molecular weight excluding hydrogens is 324 g/mol. The number of aromatic nitrogens is 3. The van der Waals surface area contributed by atoms with E-state index >= 15 is 0 Å². The Bertz CT molecular complexity index is 711. The standard InChI is InChI=1S/C13H13BrN4O2/c14-9-1-3-15-11(5-9)18-4-2-8(7-18)10-6-12(19)17-13(20)16-10/h1,3,5-6,8H,2,4,7H2,(H2,16,17,19,20). The smallest absolute Gasteiger partial charge is 0.325 e. The number of hydrogen-bond acceptors (Lipinski definition) is 4. The van der Waals surface area contributed by atoms with Crippen molar-refractivity contribution in [3.63, 3.8) is 0 Å². The Balaban J connectivity index is 1.83. The molecule has 2 aromatic rings. The van der Waals surface area contributed by atoms with Gasteiger partial charge in [-0.05, 0) is 18.6 Å². The van der Waals surface area contributed by atoms with E-state index in [1.54, 1.807) is 6.20 Å². The molecule has 1 aliphatic rings. The molecule has 1 unspecified atom stereocenters. The summed E-state index contributed by atoms with van der Waals surface area (Å²) in [6, 6.07) is 5.30. The van der Waals surface area contributed by atoms with E-state index in [0.29, 0.717) is 5.69 Å². The molecule has 3 heterocycles. The summed E-state index contributed by atoms with van der Waals surface area (Å²) in [7, 11) is 0. The molecule has 1 saturated heterocycles. The maximum atomic E-state index is 11.4. The fourth-order valence-electron chi connectivity index (χ4n) is 2.50. The number of rotatable bonds is 2. The van der Waals surface area contributed by atoms with Gasteiger partial charge in [0.25, 0.3) is 5.56 Å². The molecule has 0 amide bonds. The third-order valence-electron chi connectivity index (χ3n) is 3.44. The highest BCUT2D eigenvalue weighted by molar-refractivity contribution is 9.10. The van der Waals surface area contributed by atoms with Gasteiger partial charge in [-0.15, -0.1) is 0 Å². The fraction of sp³-hybridized carbons (Fsp3) is 0.308. The predicted molar refractivity (Wildman–Crippen MR) is 79.2 cm³/mol. The number of nitrogens with one attached hydrogen (secondary N) is 2. The van der Waals surface area contributed by atoms with Crippen molar-refractivity contribution in [1.29, 1.82) is 0 Å². The number of anilines is 1. The minimum Gasteiger partial charge on any atom is -0.356 e. The molecule has 104 valence electrons. The largest absolute Gasteiger partial charge is 0.356 e. The number of H-pyrrole nitrogens is 2. The van der Waals surface area contributed by atoms with Crippen LogP contribution >= 0.6 is 15.9 Å². The monoisotopic (exact) mass is 336 g/mol. The first-order valence-electron chi connectivity index (χ1n) is 6.32. The quantitative estimate of drug-likeness (QED) is 0.863. The normalized spacial score (nSPS) is 18.4. The highest BCUT2D eigenvalue weighted by Crippen LogP contribution is 2.28. The molecule has 20 heavy (non-hydrogen) atoms. The molecule has 2 aromatic heterocycles. The predicted octanol–water partition coefficient (Wildman–Crippen LogP) is 1.21. The number of halogens is 1. The first-order chi connectivity index (χ1) is 9.61. The Morgan fingerprint density at radius 3 is 2.90 bits per heavy atom. The third-order valence-corrected chi connectivity index (χ3v) is 3.93. The summed E-state index contributed by atoms with van der Waals surface area (Å²) in [4.78, 5) is 34.1. The third kappa shape index (κ3) is 2.67. The van der Waals surface area contributed by atoms with Crippen LogP contribution in [0.25, 0.3) is 0 Å². The van der Waals surface area contributed by atoms with Crippen LogP contribution < -0.4 is 16.1 Å². The van der Waals surface area contributed by atoms with Crippen LogP contribution in [0.4, 0.5) is 5.82 Å². The lowest BCUT2D eigenvalue weighted by molar-refractivity contribution is 0.728. The molecule has 0 aromatic carbocycles. The van der Waals surface area contributed by atoms with Crippen LogP contribution in [0.15, 0.2) is 38.5 Å². The molecule has 7 heteroatoms. The van der Waals surface area contributed by atoms with E-state index in [4.69, 9.17) is 0 Å². The fourth-order valence-corrected chi connectivity index (χ4v) is 2.82. The van der Waals surface area contributed by atoms with Crippen LogP contribution in [0.3, 0.4) is 0 Å². The number of hydrogen-bond donors (Lipinski definition) is 2. The molecule has 0 aliphatic carbocycles. The number of pyridine rings is 1. The molecule has 3 rings (SSSR count). The Kier molecular flexibility index (Phi) is 3.43. The van der Waals surface area contributed by atoms with Crippen LogP contribution in [0, 0.1) is 0 Å². The molecule has 0 bridgehead atoms. The average Bonchev–Trinajstić information content (AvgIpc) is 2.87. The molecule has 0 spiro atoms.